The molecule has 3 saturated carbocycles. The summed E-state index contributed by atoms with van der Waals surface area (Å²) in [6, 6.07) is 0. The highest BCUT2D eigenvalue weighted by molar-refractivity contribution is 6.00. The van der Waals surface area contributed by atoms with Crippen LogP contribution in [0, 0.1) is 40.4 Å². The average Bonchev–Trinajstić information content (AvgIpc) is 3.27. The number of carbonyl (C=O) groups excluding carboxylic acids is 2. The van der Waals surface area contributed by atoms with Crippen LogP contribution >= 0.6 is 0 Å². The monoisotopic (exact) mass is 312 g/mol. The largest absolute Gasteiger partial charge is 0.504 e. The van der Waals surface area contributed by atoms with Gasteiger partial charge in [0.25, 0.3) is 0 Å². The molecule has 3 nitrogen and oxygen atoms in total. The van der Waals surface area contributed by atoms with Crippen molar-refractivity contribution in [2.75, 3.05) is 0 Å². The van der Waals surface area contributed by atoms with Gasteiger partial charge < -0.3 is 5.11 Å². The number of hydrogen-bond donors (Lipinski definition) is 1. The Morgan fingerprint density at radius 1 is 1.13 bits per heavy atom. The van der Waals surface area contributed by atoms with Gasteiger partial charge in [-0.1, -0.05) is 26.0 Å². The Kier molecular flexibility index (Phi) is 2.43. The molecular weight excluding hydrogens is 288 g/mol. The first-order valence-corrected chi connectivity index (χ1v) is 9.08. The van der Waals surface area contributed by atoms with E-state index in [0.29, 0.717) is 29.5 Å². The van der Waals surface area contributed by atoms with Gasteiger partial charge in [-0.2, -0.15) is 0 Å². The third kappa shape index (κ3) is 1.43. The summed E-state index contributed by atoms with van der Waals surface area (Å²) in [6.45, 7) is 4.45. The minimum atomic E-state index is -0.140. The maximum absolute atomic E-state index is 12.4. The fourth-order valence-corrected chi connectivity index (χ4v) is 6.79. The third-order valence-corrected chi connectivity index (χ3v) is 8.26. The lowest BCUT2D eigenvalue weighted by atomic mass is 9.49. The molecule has 122 valence electrons. The number of ketones is 2. The molecule has 1 N–H and O–H groups in total. The van der Waals surface area contributed by atoms with E-state index in [0.717, 1.165) is 37.7 Å². The normalized spacial score (nSPS) is 53.6. The molecule has 0 aromatic carbocycles. The SMILES string of the molecule is C[C@]12CC[C@H]3[C@@H](C=CC4=C(O)C(=O)[C@H]5CC5[C@@]43C)[C@@H]1CCC2=O. The van der Waals surface area contributed by atoms with E-state index in [1.165, 1.54) is 0 Å². The number of carbonyl (C=O) groups is 2. The molecule has 5 aliphatic rings. The summed E-state index contributed by atoms with van der Waals surface area (Å²) < 4.78 is 0. The fraction of sp³-hybridized carbons (Fsp3) is 0.700. The van der Waals surface area contributed by atoms with Gasteiger partial charge in [-0.05, 0) is 49.4 Å². The summed E-state index contributed by atoms with van der Waals surface area (Å²) >= 11 is 0. The van der Waals surface area contributed by atoms with Crippen LogP contribution in [0.5, 0.6) is 0 Å². The van der Waals surface area contributed by atoms with Crippen molar-refractivity contribution in [1.29, 1.82) is 0 Å². The molecule has 0 bridgehead atoms. The first-order chi connectivity index (χ1) is 10.9. The van der Waals surface area contributed by atoms with Crippen molar-refractivity contribution in [2.45, 2.75) is 46.0 Å². The van der Waals surface area contributed by atoms with E-state index < -0.39 is 0 Å². The second-order valence-corrected chi connectivity index (χ2v) is 8.93. The van der Waals surface area contributed by atoms with Gasteiger partial charge in [-0.15, -0.1) is 0 Å². The van der Waals surface area contributed by atoms with Gasteiger partial charge in [0.2, 0.25) is 5.78 Å². The van der Waals surface area contributed by atoms with Crippen molar-refractivity contribution in [3.63, 3.8) is 0 Å². The Labute approximate surface area is 136 Å². The van der Waals surface area contributed by atoms with Gasteiger partial charge in [0.15, 0.2) is 5.76 Å². The molecule has 3 fully saturated rings. The highest BCUT2D eigenvalue weighted by Crippen LogP contribution is 2.69. The maximum Gasteiger partial charge on any atom is 0.200 e. The predicted molar refractivity (Wildman–Crippen MR) is 85.6 cm³/mol. The van der Waals surface area contributed by atoms with Crippen LogP contribution in [0.3, 0.4) is 0 Å². The second kappa shape index (κ2) is 3.99. The Morgan fingerprint density at radius 2 is 1.91 bits per heavy atom. The van der Waals surface area contributed by atoms with Crippen LogP contribution in [0.1, 0.15) is 46.0 Å². The smallest absolute Gasteiger partial charge is 0.200 e. The van der Waals surface area contributed by atoms with Crippen molar-refractivity contribution in [3.05, 3.63) is 23.5 Å². The molecule has 1 unspecified atom stereocenters. The Morgan fingerprint density at radius 3 is 2.70 bits per heavy atom. The van der Waals surface area contributed by atoms with E-state index in [9.17, 15) is 14.7 Å². The van der Waals surface area contributed by atoms with E-state index in [-0.39, 0.29) is 28.3 Å². The van der Waals surface area contributed by atoms with Crippen LogP contribution in [0.15, 0.2) is 23.5 Å². The number of hydrogen-bond acceptors (Lipinski definition) is 3. The van der Waals surface area contributed by atoms with E-state index in [1.54, 1.807) is 0 Å². The van der Waals surface area contributed by atoms with Crippen molar-refractivity contribution >= 4 is 11.6 Å². The Bertz CT molecular complexity index is 702. The molecule has 0 aromatic heterocycles. The molecule has 0 amide bonds. The Hall–Kier alpha value is -1.38. The Balaban J connectivity index is 1.64. The molecule has 3 heteroatoms. The lowest BCUT2D eigenvalue weighted by Crippen LogP contribution is -2.50. The first kappa shape index (κ1) is 14.0. The zero-order valence-electron chi connectivity index (χ0n) is 13.8. The number of fused-ring (bicyclic) bond motifs is 7. The highest BCUT2D eigenvalue weighted by Gasteiger charge is 2.66. The summed E-state index contributed by atoms with van der Waals surface area (Å²) in [7, 11) is 0. The van der Waals surface area contributed by atoms with Crippen molar-refractivity contribution < 1.29 is 14.7 Å². The van der Waals surface area contributed by atoms with Crippen LogP contribution in [0.4, 0.5) is 0 Å². The highest BCUT2D eigenvalue weighted by atomic mass is 16.3. The van der Waals surface area contributed by atoms with E-state index in [2.05, 4.69) is 19.9 Å². The van der Waals surface area contributed by atoms with Gasteiger partial charge >= 0.3 is 0 Å². The van der Waals surface area contributed by atoms with Gasteiger partial charge in [-0.25, -0.2) is 0 Å². The molecular formula is C20H24O3. The van der Waals surface area contributed by atoms with Gasteiger partial charge in [0.1, 0.15) is 5.78 Å². The van der Waals surface area contributed by atoms with Gasteiger partial charge in [-0.3, -0.25) is 9.59 Å². The zero-order valence-corrected chi connectivity index (χ0v) is 13.8. The van der Waals surface area contributed by atoms with Crippen LogP contribution < -0.4 is 0 Å². The molecule has 23 heavy (non-hydrogen) atoms. The van der Waals surface area contributed by atoms with Gasteiger partial charge in [0.05, 0.1) is 0 Å². The van der Waals surface area contributed by atoms with Crippen molar-refractivity contribution in [1.82, 2.24) is 0 Å². The molecule has 0 radical (unpaired) electrons. The number of rotatable bonds is 0. The molecule has 0 heterocycles. The number of aliphatic hydroxyl groups excluding tert-OH is 1. The molecule has 7 atom stereocenters. The second-order valence-electron chi connectivity index (χ2n) is 8.93. The number of Topliss-reactive ketones (excluding diaryl/α,β-unsaturated/α-hetero) is 2. The van der Waals surface area contributed by atoms with Gasteiger partial charge in [0, 0.05) is 28.7 Å². The van der Waals surface area contributed by atoms with Crippen LogP contribution in [-0.2, 0) is 9.59 Å². The summed E-state index contributed by atoms with van der Waals surface area (Å²) in [5.74, 6) is 2.23. The topological polar surface area (TPSA) is 54.4 Å². The molecule has 0 spiro atoms. The summed E-state index contributed by atoms with van der Waals surface area (Å²) in [6.07, 6.45) is 8.92. The summed E-state index contributed by atoms with van der Waals surface area (Å²) in [5.41, 5.74) is 0.670. The third-order valence-electron chi connectivity index (χ3n) is 8.26. The lowest BCUT2D eigenvalue weighted by Gasteiger charge is -2.54. The predicted octanol–water partition coefficient (Wildman–Crippen LogP) is 3.61. The summed E-state index contributed by atoms with van der Waals surface area (Å²) in [5, 5.41) is 10.4. The zero-order chi connectivity index (χ0) is 16.1. The molecule has 0 aromatic rings. The molecule has 5 aliphatic carbocycles. The number of allylic oxidation sites excluding steroid dienone is 4. The summed E-state index contributed by atoms with van der Waals surface area (Å²) in [4.78, 5) is 24.6. The lowest BCUT2D eigenvalue weighted by molar-refractivity contribution is -0.130. The van der Waals surface area contributed by atoms with Crippen molar-refractivity contribution in [3.8, 4) is 0 Å². The van der Waals surface area contributed by atoms with E-state index in [4.69, 9.17) is 0 Å². The molecule has 5 rings (SSSR count). The van der Waals surface area contributed by atoms with E-state index in [1.807, 2.05) is 6.08 Å². The van der Waals surface area contributed by atoms with E-state index >= 15 is 0 Å². The number of aliphatic hydroxyl groups is 1. The molecule has 0 aliphatic heterocycles. The maximum atomic E-state index is 12.4. The van der Waals surface area contributed by atoms with Crippen LogP contribution in [-0.4, -0.2) is 16.7 Å². The van der Waals surface area contributed by atoms with Crippen molar-refractivity contribution in [2.24, 2.45) is 40.4 Å². The quantitative estimate of drug-likeness (QED) is 0.743. The van der Waals surface area contributed by atoms with Crippen LogP contribution in [0.25, 0.3) is 0 Å². The first-order valence-electron chi connectivity index (χ1n) is 9.08. The standard InChI is InChI=1S/C20H24O3/c1-19-8-7-13-10(12(19)5-6-16(19)21)3-4-14-18(23)17(22)11-9-15(11)20(13,14)2/h3-4,10-13,15,23H,5-9H2,1-2H3/t10-,11-,12-,13-,15?,19-,20+/m0/s1. The minimum Gasteiger partial charge on any atom is -0.504 e. The fourth-order valence-electron chi connectivity index (χ4n) is 6.79. The minimum absolute atomic E-state index is 0.0248. The molecule has 0 saturated heterocycles. The van der Waals surface area contributed by atoms with Crippen LogP contribution in [0.2, 0.25) is 0 Å². The average molecular weight is 312 g/mol.